The Hall–Kier alpha value is -1.27. The first-order valence-electron chi connectivity index (χ1n) is 4.89. The molecule has 0 spiro atoms. The molecule has 0 amide bonds. The van der Waals surface area contributed by atoms with E-state index < -0.39 is 6.10 Å². The lowest BCUT2D eigenvalue weighted by Crippen LogP contribution is -2.11. The van der Waals surface area contributed by atoms with Gasteiger partial charge in [-0.2, -0.15) is 5.10 Å². The smallest absolute Gasteiger partial charge is 0.140 e. The van der Waals surface area contributed by atoms with Gasteiger partial charge in [0.05, 0.1) is 28.3 Å². The first-order chi connectivity index (χ1) is 7.74. The summed E-state index contributed by atoms with van der Waals surface area (Å²) >= 11 is 3.36. The second kappa shape index (κ2) is 4.71. The summed E-state index contributed by atoms with van der Waals surface area (Å²) in [4.78, 5) is 8.01. The van der Waals surface area contributed by atoms with Gasteiger partial charge in [-0.3, -0.25) is 14.6 Å². The lowest BCUT2D eigenvalue weighted by molar-refractivity contribution is 0.202. The fourth-order valence-electron chi connectivity index (χ4n) is 1.49. The van der Waals surface area contributed by atoms with Crippen molar-refractivity contribution in [2.75, 3.05) is 0 Å². The van der Waals surface area contributed by atoms with Gasteiger partial charge in [-0.1, -0.05) is 0 Å². The molecule has 0 aliphatic heterocycles. The zero-order chi connectivity index (χ0) is 11.5. The summed E-state index contributed by atoms with van der Waals surface area (Å²) in [6, 6.07) is 0. The highest BCUT2D eigenvalue weighted by Gasteiger charge is 2.20. The molecule has 0 aromatic carbocycles. The van der Waals surface area contributed by atoms with Crippen LogP contribution in [-0.2, 0) is 6.54 Å². The fourth-order valence-corrected chi connectivity index (χ4v) is 2.00. The van der Waals surface area contributed by atoms with E-state index in [9.17, 15) is 5.11 Å². The maximum Gasteiger partial charge on any atom is 0.140 e. The van der Waals surface area contributed by atoms with Gasteiger partial charge in [0.15, 0.2) is 0 Å². The third-order valence-electron chi connectivity index (χ3n) is 2.26. The molecule has 1 N–H and O–H groups in total. The molecule has 0 saturated carbocycles. The number of halogens is 1. The van der Waals surface area contributed by atoms with Gasteiger partial charge in [-0.05, 0) is 22.9 Å². The minimum absolute atomic E-state index is 0.512. The van der Waals surface area contributed by atoms with E-state index in [0.717, 1.165) is 4.47 Å². The molecule has 2 rings (SSSR count). The van der Waals surface area contributed by atoms with E-state index in [0.29, 0.717) is 17.9 Å². The second-order valence-corrected chi connectivity index (χ2v) is 4.08. The predicted octanol–water partition coefficient (Wildman–Crippen LogP) is 1.54. The molecular formula is C10H11BrN4O. The van der Waals surface area contributed by atoms with Gasteiger partial charge in [-0.15, -0.1) is 0 Å². The van der Waals surface area contributed by atoms with Crippen LogP contribution in [0.2, 0.25) is 0 Å². The fraction of sp³-hybridized carbons (Fsp3) is 0.300. The van der Waals surface area contributed by atoms with Gasteiger partial charge < -0.3 is 5.11 Å². The van der Waals surface area contributed by atoms with Crippen molar-refractivity contribution in [1.82, 2.24) is 19.7 Å². The normalized spacial score (nSPS) is 12.7. The Kier molecular flexibility index (Phi) is 3.31. The average molecular weight is 283 g/mol. The molecule has 0 aliphatic carbocycles. The maximum atomic E-state index is 10.2. The summed E-state index contributed by atoms with van der Waals surface area (Å²) in [5.41, 5.74) is 1.21. The summed E-state index contributed by atoms with van der Waals surface area (Å²) in [6.45, 7) is 2.66. The van der Waals surface area contributed by atoms with Crippen LogP contribution in [0.25, 0.3) is 0 Å². The van der Waals surface area contributed by atoms with Gasteiger partial charge in [0, 0.05) is 18.9 Å². The zero-order valence-corrected chi connectivity index (χ0v) is 10.3. The predicted molar refractivity (Wildman–Crippen MR) is 61.7 cm³/mol. The monoisotopic (exact) mass is 282 g/mol. The molecule has 0 radical (unpaired) electrons. The van der Waals surface area contributed by atoms with Crippen molar-refractivity contribution in [1.29, 1.82) is 0 Å². The Morgan fingerprint density at radius 1 is 1.44 bits per heavy atom. The van der Waals surface area contributed by atoms with Crippen molar-refractivity contribution in [3.8, 4) is 0 Å². The summed E-state index contributed by atoms with van der Waals surface area (Å²) in [5, 5.41) is 14.3. The molecule has 6 heteroatoms. The average Bonchev–Trinajstić information content (AvgIpc) is 2.70. The summed E-state index contributed by atoms with van der Waals surface area (Å²) in [5.74, 6) is 0. The molecule has 0 bridgehead atoms. The third-order valence-corrected chi connectivity index (χ3v) is 2.87. The summed E-state index contributed by atoms with van der Waals surface area (Å²) in [6.07, 6.45) is 5.52. The maximum absolute atomic E-state index is 10.2. The molecule has 1 atom stereocenters. The van der Waals surface area contributed by atoms with E-state index in [-0.39, 0.29) is 0 Å². The molecule has 0 fully saturated rings. The SMILES string of the molecule is CCn1ncc(Br)c1C(O)c1cnccn1. The topological polar surface area (TPSA) is 63.8 Å². The molecule has 1 unspecified atom stereocenters. The number of hydrogen-bond donors (Lipinski definition) is 1. The minimum atomic E-state index is -0.814. The number of aromatic nitrogens is 4. The van der Waals surface area contributed by atoms with Crippen LogP contribution in [-0.4, -0.2) is 24.9 Å². The molecule has 16 heavy (non-hydrogen) atoms. The number of nitrogens with zero attached hydrogens (tertiary/aromatic N) is 4. The minimum Gasteiger partial charge on any atom is -0.380 e. The highest BCUT2D eigenvalue weighted by Crippen LogP contribution is 2.26. The van der Waals surface area contributed by atoms with Crippen molar-refractivity contribution in [2.24, 2.45) is 0 Å². The van der Waals surface area contributed by atoms with Crippen LogP contribution in [0.5, 0.6) is 0 Å². The van der Waals surface area contributed by atoms with E-state index in [1.165, 1.54) is 0 Å². The van der Waals surface area contributed by atoms with E-state index in [2.05, 4.69) is 31.0 Å². The lowest BCUT2D eigenvalue weighted by Gasteiger charge is -2.12. The van der Waals surface area contributed by atoms with Crippen molar-refractivity contribution < 1.29 is 5.11 Å². The Balaban J connectivity index is 2.41. The van der Waals surface area contributed by atoms with Crippen LogP contribution in [0, 0.1) is 0 Å². The van der Waals surface area contributed by atoms with E-state index >= 15 is 0 Å². The molecule has 2 aromatic heterocycles. The summed E-state index contributed by atoms with van der Waals surface area (Å²) in [7, 11) is 0. The molecule has 2 aromatic rings. The number of aryl methyl sites for hydroxylation is 1. The van der Waals surface area contributed by atoms with Crippen LogP contribution >= 0.6 is 15.9 Å². The van der Waals surface area contributed by atoms with Crippen LogP contribution in [0.15, 0.2) is 29.3 Å². The molecular weight excluding hydrogens is 272 g/mol. The van der Waals surface area contributed by atoms with Crippen LogP contribution in [0.4, 0.5) is 0 Å². The Morgan fingerprint density at radius 3 is 2.88 bits per heavy atom. The van der Waals surface area contributed by atoms with Gasteiger partial charge in [0.1, 0.15) is 6.10 Å². The van der Waals surface area contributed by atoms with E-state index in [4.69, 9.17) is 0 Å². The first-order valence-corrected chi connectivity index (χ1v) is 5.68. The summed E-state index contributed by atoms with van der Waals surface area (Å²) < 4.78 is 2.50. The van der Waals surface area contributed by atoms with Gasteiger partial charge in [0.25, 0.3) is 0 Å². The van der Waals surface area contributed by atoms with Crippen LogP contribution in [0.1, 0.15) is 24.4 Å². The first kappa shape index (κ1) is 11.2. The van der Waals surface area contributed by atoms with Crippen LogP contribution < -0.4 is 0 Å². The quantitative estimate of drug-likeness (QED) is 0.928. The lowest BCUT2D eigenvalue weighted by atomic mass is 10.2. The molecule has 0 aliphatic rings. The van der Waals surface area contributed by atoms with Crippen LogP contribution in [0.3, 0.4) is 0 Å². The standard InChI is InChI=1S/C10H11BrN4O/c1-2-15-9(7(11)5-14-15)10(16)8-6-12-3-4-13-8/h3-6,10,16H,2H2,1H3. The van der Waals surface area contributed by atoms with Crippen molar-refractivity contribution in [2.45, 2.75) is 19.6 Å². The Labute approximate surface area is 101 Å². The van der Waals surface area contributed by atoms with Crippen molar-refractivity contribution in [3.63, 3.8) is 0 Å². The van der Waals surface area contributed by atoms with Gasteiger partial charge in [0.2, 0.25) is 0 Å². The Morgan fingerprint density at radius 2 is 2.25 bits per heavy atom. The van der Waals surface area contributed by atoms with Crippen molar-refractivity contribution in [3.05, 3.63) is 40.6 Å². The molecule has 5 nitrogen and oxygen atoms in total. The van der Waals surface area contributed by atoms with E-state index in [1.807, 2.05) is 6.92 Å². The van der Waals surface area contributed by atoms with Gasteiger partial charge in [-0.25, -0.2) is 0 Å². The number of hydrogen-bond acceptors (Lipinski definition) is 4. The van der Waals surface area contributed by atoms with Gasteiger partial charge >= 0.3 is 0 Å². The second-order valence-electron chi connectivity index (χ2n) is 3.23. The molecule has 84 valence electrons. The van der Waals surface area contributed by atoms with E-state index in [1.54, 1.807) is 29.5 Å². The number of aliphatic hydroxyl groups is 1. The molecule has 2 heterocycles. The van der Waals surface area contributed by atoms with Crippen molar-refractivity contribution >= 4 is 15.9 Å². The largest absolute Gasteiger partial charge is 0.380 e. The zero-order valence-electron chi connectivity index (χ0n) is 8.71. The number of aliphatic hydroxyl groups excluding tert-OH is 1. The Bertz CT molecular complexity index is 471. The molecule has 0 saturated heterocycles. The number of rotatable bonds is 3. The highest BCUT2D eigenvalue weighted by molar-refractivity contribution is 9.10. The highest BCUT2D eigenvalue weighted by atomic mass is 79.9. The third kappa shape index (κ3) is 1.98.